The van der Waals surface area contributed by atoms with Gasteiger partial charge in [-0.2, -0.15) is 5.71 Å². The van der Waals surface area contributed by atoms with Crippen molar-refractivity contribution in [1.82, 2.24) is 9.55 Å². The molecule has 0 aliphatic carbocycles. The van der Waals surface area contributed by atoms with Crippen molar-refractivity contribution in [1.29, 1.82) is 5.41 Å². The van der Waals surface area contributed by atoms with Crippen LogP contribution in [0.5, 0.6) is 5.75 Å². The molecule has 9 rings (SSSR count). The van der Waals surface area contributed by atoms with Gasteiger partial charge in [-0.3, -0.25) is 4.57 Å². The summed E-state index contributed by atoms with van der Waals surface area (Å²) in [5.41, 5.74) is 12.5. The van der Waals surface area contributed by atoms with Crippen molar-refractivity contribution in [3.63, 3.8) is 0 Å². The Morgan fingerprint density at radius 2 is 1.32 bits per heavy atom. The molecule has 0 bridgehead atoms. The normalized spacial score (nSPS) is 12.3. The molecule has 0 saturated carbocycles. The minimum absolute atomic E-state index is 0. The summed E-state index contributed by atoms with van der Waals surface area (Å²) in [5.74, 6) is 1.59. The molecule has 0 amide bonds. The fourth-order valence-electron chi connectivity index (χ4n) is 9.68. The van der Waals surface area contributed by atoms with Crippen molar-refractivity contribution in [3.8, 4) is 56.4 Å². The fraction of sp³-hybridized carbons (Fsp3) is 0.277. The maximum atomic E-state index is 12.6. The number of furan rings is 1. The fourth-order valence-corrected chi connectivity index (χ4v) is 9.68. The predicted octanol–water partition coefficient (Wildman–Crippen LogP) is 17.2. The van der Waals surface area contributed by atoms with Crippen LogP contribution < -0.4 is 0 Å². The first-order valence-corrected chi connectivity index (χ1v) is 24.8. The largest absolute Gasteiger partial charge is 2.00 e. The maximum Gasteiger partial charge on any atom is 2.00 e. The average molecular weight is 1130 g/mol. The van der Waals surface area contributed by atoms with E-state index < -0.39 is 0 Å². The molecule has 2 aromatic heterocycles. The molecule has 368 valence electrons. The minimum Gasteiger partial charge on any atom is -0.842 e. The molecule has 0 fully saturated rings. The van der Waals surface area contributed by atoms with Gasteiger partial charge < -0.3 is 20.3 Å². The van der Waals surface area contributed by atoms with Gasteiger partial charge in [0.1, 0.15) is 17.3 Å². The number of hydrogen-bond acceptors (Lipinski definition) is 4. The first-order valence-electron chi connectivity index (χ1n) is 24.8. The third-order valence-corrected chi connectivity index (χ3v) is 13.5. The van der Waals surface area contributed by atoms with Crippen molar-refractivity contribution >= 4 is 33.2 Å². The summed E-state index contributed by atoms with van der Waals surface area (Å²) in [5, 5.41) is 35.7. The summed E-state index contributed by atoms with van der Waals surface area (Å²) in [6.07, 6.45) is 0.940. The standard InChI is InChI=1S/C65H66N4O2.Pt/c1-39(66)49-37-56(42-28-26-40(27-29-42)38-62(2,3)4)71-60(49)57(67)44-32-43-22-17-18-23-47(43)51(33-44)48-24-19-25-55-58(48)68-61(52-35-46(64(8,9)10)36-53(59(52)70)65(11,12)13)69(55)54-31-30-45(63(5,6)7)34-50(54)41-20-15-14-16-21-41;/h14-32,34-37,66,70H,38H2,1-13H3;/q-2;+2. The van der Waals surface area contributed by atoms with Crippen LogP contribution in [0.2, 0.25) is 0 Å². The first-order chi connectivity index (χ1) is 33.4. The summed E-state index contributed by atoms with van der Waals surface area (Å²) in [6.45, 7) is 28.1. The van der Waals surface area contributed by atoms with E-state index in [9.17, 15) is 10.5 Å². The number of imidazole rings is 1. The molecule has 0 spiro atoms. The maximum absolute atomic E-state index is 12.6. The van der Waals surface area contributed by atoms with Gasteiger partial charge >= 0.3 is 21.1 Å². The number of phenols is 1. The molecule has 7 aromatic carbocycles. The summed E-state index contributed by atoms with van der Waals surface area (Å²) in [7, 11) is 0. The van der Waals surface area contributed by atoms with E-state index in [1.165, 1.54) is 11.1 Å². The van der Waals surface area contributed by atoms with Crippen LogP contribution in [0, 0.1) is 16.9 Å². The summed E-state index contributed by atoms with van der Waals surface area (Å²) < 4.78 is 8.75. The molecule has 72 heavy (non-hydrogen) atoms. The van der Waals surface area contributed by atoms with Crippen molar-refractivity contribution < 1.29 is 30.6 Å². The molecular weight excluding hydrogens is 1060 g/mol. The van der Waals surface area contributed by atoms with Crippen LogP contribution in [0.1, 0.15) is 129 Å². The van der Waals surface area contributed by atoms with Crippen LogP contribution in [0.4, 0.5) is 0 Å². The molecule has 0 radical (unpaired) electrons. The molecular formula is C65H66N4O2Pt. The Balaban J connectivity index is 0.00000693. The molecule has 2 heterocycles. The minimum atomic E-state index is -0.375. The SMILES string of the molecule is CC(=N)c1cc(-c2ccc(CC(C)(C)C)cc2)oc1C(=[N-])c1[c-]c(-c2cccc3c2nc(-c2cc(C(C)(C)C)cc(C(C)(C)C)c2O)n3-c2ccc(C(C)(C)C)cc2-c2ccccc2)c2ccccc2c1.[Pt+2]. The summed E-state index contributed by atoms with van der Waals surface area (Å²) in [4.78, 5) is 5.66. The van der Waals surface area contributed by atoms with Crippen LogP contribution >= 0.6 is 0 Å². The second-order valence-electron chi connectivity index (χ2n) is 23.6. The van der Waals surface area contributed by atoms with Crippen LogP contribution in [0.3, 0.4) is 0 Å². The second kappa shape index (κ2) is 19.1. The first kappa shape index (κ1) is 51.7. The van der Waals surface area contributed by atoms with E-state index in [4.69, 9.17) is 14.8 Å². The summed E-state index contributed by atoms with van der Waals surface area (Å²) >= 11 is 0. The number of aromatic nitrogens is 2. The van der Waals surface area contributed by atoms with Crippen molar-refractivity contribution in [3.05, 3.63) is 190 Å². The Morgan fingerprint density at radius 3 is 1.96 bits per heavy atom. The van der Waals surface area contributed by atoms with Crippen LogP contribution in [-0.4, -0.2) is 26.1 Å². The van der Waals surface area contributed by atoms with Crippen LogP contribution in [0.15, 0.2) is 144 Å². The molecule has 0 unspecified atom stereocenters. The van der Waals surface area contributed by atoms with E-state index in [-0.39, 0.29) is 65.7 Å². The molecule has 0 aliphatic heterocycles. The predicted molar refractivity (Wildman–Crippen MR) is 298 cm³/mol. The number of para-hydroxylation sites is 1. The molecule has 7 heteroatoms. The average Bonchev–Trinajstić information content (AvgIpc) is 3.93. The zero-order valence-electron chi connectivity index (χ0n) is 44.0. The number of benzene rings is 7. The van der Waals surface area contributed by atoms with Gasteiger partial charge in [-0.1, -0.05) is 203 Å². The Bertz CT molecular complexity index is 3530. The molecule has 0 atom stereocenters. The zero-order valence-corrected chi connectivity index (χ0v) is 46.3. The number of rotatable bonds is 9. The number of hydrogen-bond donors (Lipinski definition) is 2. The quantitative estimate of drug-likeness (QED) is 0.111. The van der Waals surface area contributed by atoms with Gasteiger partial charge in [0.05, 0.1) is 28.0 Å². The van der Waals surface area contributed by atoms with E-state index in [1.807, 2.05) is 48.5 Å². The van der Waals surface area contributed by atoms with Gasteiger partial charge in [-0.05, 0) is 87.6 Å². The van der Waals surface area contributed by atoms with Gasteiger partial charge in [0.25, 0.3) is 0 Å². The summed E-state index contributed by atoms with van der Waals surface area (Å²) in [6, 6.07) is 51.6. The number of fused-ring (bicyclic) bond motifs is 2. The van der Waals surface area contributed by atoms with E-state index in [0.29, 0.717) is 33.8 Å². The Morgan fingerprint density at radius 1 is 0.667 bits per heavy atom. The number of phenolic OH excluding ortho intramolecular Hbond substituents is 1. The molecule has 9 aromatic rings. The number of aromatic hydroxyl groups is 1. The van der Waals surface area contributed by atoms with E-state index >= 15 is 0 Å². The van der Waals surface area contributed by atoms with E-state index in [0.717, 1.165) is 67.3 Å². The molecule has 2 N–H and O–H groups in total. The Kier molecular flexibility index (Phi) is 13.7. The smallest absolute Gasteiger partial charge is 0.842 e. The van der Waals surface area contributed by atoms with Gasteiger partial charge in [0.15, 0.2) is 0 Å². The van der Waals surface area contributed by atoms with Gasteiger partial charge in [0, 0.05) is 28.0 Å². The van der Waals surface area contributed by atoms with Crippen molar-refractivity contribution in [2.45, 2.75) is 113 Å². The van der Waals surface area contributed by atoms with Crippen molar-refractivity contribution in [2.24, 2.45) is 5.41 Å². The Hall–Kier alpha value is -6.62. The van der Waals surface area contributed by atoms with Gasteiger partial charge in [-0.15, -0.1) is 23.3 Å². The van der Waals surface area contributed by atoms with E-state index in [2.05, 4.69) is 185 Å². The Labute approximate surface area is 440 Å². The second-order valence-corrected chi connectivity index (χ2v) is 23.6. The third-order valence-electron chi connectivity index (χ3n) is 13.5. The topological polar surface area (TPSA) is 97.3 Å². The molecule has 6 nitrogen and oxygen atoms in total. The van der Waals surface area contributed by atoms with E-state index in [1.54, 1.807) is 6.92 Å². The van der Waals surface area contributed by atoms with Crippen molar-refractivity contribution in [2.75, 3.05) is 0 Å². The number of nitrogens with one attached hydrogen (secondary N) is 1. The van der Waals surface area contributed by atoms with Crippen LogP contribution in [0.25, 0.3) is 77.9 Å². The zero-order chi connectivity index (χ0) is 50.9. The number of nitrogens with zero attached hydrogens (tertiary/aromatic N) is 3. The third kappa shape index (κ3) is 10.1. The van der Waals surface area contributed by atoms with Gasteiger partial charge in [-0.25, -0.2) is 4.98 Å². The molecule has 0 saturated heterocycles. The monoisotopic (exact) mass is 1130 g/mol. The van der Waals surface area contributed by atoms with Crippen LogP contribution in [-0.2, 0) is 43.7 Å². The molecule has 0 aliphatic rings. The van der Waals surface area contributed by atoms with Gasteiger partial charge in [0.2, 0.25) is 0 Å².